The van der Waals surface area contributed by atoms with Crippen LogP contribution in [0.3, 0.4) is 0 Å². The predicted octanol–water partition coefficient (Wildman–Crippen LogP) is 4.94. The Bertz CT molecular complexity index is 793. The lowest BCUT2D eigenvalue weighted by atomic mass is 9.73. The summed E-state index contributed by atoms with van der Waals surface area (Å²) in [5, 5.41) is 23.8. The number of hydrogen-bond donors (Lipinski definition) is 2. The zero-order valence-electron chi connectivity index (χ0n) is 22.9. The molecule has 212 valence electrons. The normalized spacial score (nSPS) is 62.7. The van der Waals surface area contributed by atoms with E-state index in [0.717, 1.165) is 25.7 Å². The van der Waals surface area contributed by atoms with Gasteiger partial charge < -0.3 is 29.2 Å². The molecule has 0 aromatic carbocycles. The van der Waals surface area contributed by atoms with Crippen molar-refractivity contribution in [2.45, 2.75) is 151 Å². The Morgan fingerprint density at radius 3 is 0.868 bits per heavy atom. The number of fused-ring (bicyclic) bond motifs is 12. The minimum Gasteiger partial charge on any atom is -0.387 e. The number of hydrogen-bond acceptors (Lipinski definition) is 6. The van der Waals surface area contributed by atoms with Crippen molar-refractivity contribution >= 4 is 0 Å². The zero-order valence-corrected chi connectivity index (χ0v) is 22.9. The number of aliphatic hydroxyl groups excluding tert-OH is 2. The Hall–Kier alpha value is -0.240. The van der Waals surface area contributed by atoms with Gasteiger partial charge in [0.2, 0.25) is 0 Å². The Morgan fingerprint density at radius 2 is 0.605 bits per heavy atom. The van der Waals surface area contributed by atoms with Crippen LogP contribution in [0.5, 0.6) is 0 Å². The van der Waals surface area contributed by atoms with E-state index in [1.807, 2.05) is 0 Å². The first-order chi connectivity index (χ1) is 18.6. The minimum absolute atomic E-state index is 0.392. The molecule has 0 aromatic heterocycles. The van der Waals surface area contributed by atoms with E-state index in [9.17, 15) is 10.2 Å². The maximum atomic E-state index is 11.9. The second-order valence-electron chi connectivity index (χ2n) is 15.0. The molecule has 9 aliphatic rings. The summed E-state index contributed by atoms with van der Waals surface area (Å²) in [4.78, 5) is 0. The minimum atomic E-state index is -0.818. The van der Waals surface area contributed by atoms with Gasteiger partial charge in [-0.1, -0.05) is 51.4 Å². The van der Waals surface area contributed by atoms with Crippen molar-refractivity contribution in [3.8, 4) is 0 Å². The van der Waals surface area contributed by atoms with Crippen LogP contribution in [0.4, 0.5) is 0 Å². The molecule has 9 fully saturated rings. The van der Waals surface area contributed by atoms with Crippen LogP contribution >= 0.6 is 0 Å². The highest BCUT2D eigenvalue weighted by Gasteiger charge is 2.74. The quantitative estimate of drug-likeness (QED) is 0.464. The van der Waals surface area contributed by atoms with E-state index in [1.54, 1.807) is 0 Å². The van der Waals surface area contributed by atoms with Crippen LogP contribution in [0.1, 0.15) is 103 Å². The SMILES string of the molecule is O[C@@H]1[C@H]2OC3(O[C@H]2[C@@H](O)[C@@H]2OC4(O[C@@H]12)C1CCCCC1C1CCCCC14)C1CCCCC1C1CCCCC13. The van der Waals surface area contributed by atoms with Gasteiger partial charge in [0, 0.05) is 23.7 Å². The highest BCUT2D eigenvalue weighted by Crippen LogP contribution is 2.67. The van der Waals surface area contributed by atoms with Crippen molar-refractivity contribution in [2.75, 3.05) is 0 Å². The maximum absolute atomic E-state index is 11.9. The van der Waals surface area contributed by atoms with Gasteiger partial charge in [-0.15, -0.1) is 0 Å². The van der Waals surface area contributed by atoms with E-state index >= 15 is 0 Å². The molecule has 6 heteroatoms. The zero-order chi connectivity index (χ0) is 25.2. The van der Waals surface area contributed by atoms with Crippen LogP contribution in [-0.4, -0.2) is 58.4 Å². The molecule has 0 bridgehead atoms. The molecule has 2 spiro atoms. The van der Waals surface area contributed by atoms with E-state index < -0.39 is 48.2 Å². The molecule has 14 atom stereocenters. The van der Waals surface area contributed by atoms with E-state index in [0.29, 0.717) is 47.3 Å². The number of ether oxygens (including phenoxy) is 4. The van der Waals surface area contributed by atoms with Crippen LogP contribution in [-0.2, 0) is 18.9 Å². The highest BCUT2D eigenvalue weighted by atomic mass is 16.8. The van der Waals surface area contributed by atoms with Crippen molar-refractivity contribution in [1.29, 1.82) is 0 Å². The van der Waals surface area contributed by atoms with Crippen molar-refractivity contribution in [1.82, 2.24) is 0 Å². The molecule has 6 nitrogen and oxygen atoms in total. The van der Waals surface area contributed by atoms with E-state index in [-0.39, 0.29) is 0 Å². The van der Waals surface area contributed by atoms with Gasteiger partial charge in [-0.2, -0.15) is 0 Å². The molecule has 7 saturated carbocycles. The van der Waals surface area contributed by atoms with Crippen molar-refractivity contribution in [3.63, 3.8) is 0 Å². The third-order valence-electron chi connectivity index (χ3n) is 13.7. The maximum Gasteiger partial charge on any atom is 0.175 e. The van der Waals surface area contributed by atoms with E-state index in [2.05, 4.69) is 0 Å². The average Bonchev–Trinajstić information content (AvgIpc) is 3.71. The summed E-state index contributed by atoms with van der Waals surface area (Å²) in [7, 11) is 0. The van der Waals surface area contributed by atoms with E-state index in [4.69, 9.17) is 18.9 Å². The molecular weight excluding hydrogens is 480 g/mol. The average molecular weight is 529 g/mol. The second-order valence-corrected chi connectivity index (χ2v) is 15.0. The van der Waals surface area contributed by atoms with Crippen LogP contribution in [0.15, 0.2) is 0 Å². The lowest BCUT2D eigenvalue weighted by Crippen LogP contribution is -2.61. The molecular formula is C32H48O6. The lowest BCUT2D eigenvalue weighted by molar-refractivity contribution is -0.261. The van der Waals surface area contributed by atoms with Gasteiger partial charge in [-0.3, -0.25) is 0 Å². The summed E-state index contributed by atoms with van der Waals surface area (Å²) in [6.45, 7) is 0. The Morgan fingerprint density at radius 1 is 0.368 bits per heavy atom. The fourth-order valence-electron chi connectivity index (χ4n) is 12.5. The summed E-state index contributed by atoms with van der Waals surface area (Å²) >= 11 is 0. The highest BCUT2D eigenvalue weighted by molar-refractivity contribution is 5.17. The molecule has 8 unspecified atom stereocenters. The first-order valence-corrected chi connectivity index (χ1v) is 16.7. The van der Waals surface area contributed by atoms with Gasteiger partial charge >= 0.3 is 0 Å². The van der Waals surface area contributed by atoms with Gasteiger partial charge in [0.1, 0.15) is 36.6 Å². The summed E-state index contributed by atoms with van der Waals surface area (Å²) < 4.78 is 28.2. The fourth-order valence-corrected chi connectivity index (χ4v) is 12.5. The molecule has 0 radical (unpaired) electrons. The third-order valence-corrected chi connectivity index (χ3v) is 13.7. The predicted molar refractivity (Wildman–Crippen MR) is 139 cm³/mol. The molecule has 2 N–H and O–H groups in total. The smallest absolute Gasteiger partial charge is 0.175 e. The number of rotatable bonds is 0. The molecule has 0 amide bonds. The van der Waals surface area contributed by atoms with Crippen molar-refractivity contribution in [3.05, 3.63) is 0 Å². The van der Waals surface area contributed by atoms with E-state index in [1.165, 1.54) is 77.0 Å². The lowest BCUT2D eigenvalue weighted by Gasteiger charge is -2.40. The van der Waals surface area contributed by atoms with Gasteiger partial charge in [0.05, 0.1) is 0 Å². The second kappa shape index (κ2) is 8.64. The molecule has 7 aliphatic carbocycles. The molecule has 2 heterocycles. The molecule has 2 aliphatic heterocycles. The largest absolute Gasteiger partial charge is 0.387 e. The molecule has 2 saturated heterocycles. The van der Waals surface area contributed by atoms with Gasteiger partial charge in [0.25, 0.3) is 0 Å². The molecule has 0 aromatic rings. The summed E-state index contributed by atoms with van der Waals surface area (Å²) in [6, 6.07) is 0. The Labute approximate surface area is 227 Å². The Kier molecular flexibility index (Phi) is 5.54. The van der Waals surface area contributed by atoms with Crippen molar-refractivity contribution < 1.29 is 29.2 Å². The summed E-state index contributed by atoms with van der Waals surface area (Å²) in [5.74, 6) is 2.97. The first-order valence-electron chi connectivity index (χ1n) is 16.7. The summed E-state index contributed by atoms with van der Waals surface area (Å²) in [5.41, 5.74) is 0. The standard InChI is InChI=1S/C32H48O6/c33-25-27-28(36-31(35-27)21-13-5-1-9-17(21)18-10-2-6-14-22(18)31)26(34)30-29(25)37-32(38-30)23-15-7-3-11-19(23)20-12-4-8-16-24(20)32/h17-30,33-34H,1-16H2/t17?,18?,19?,20?,21?,22?,23?,24?,25-,26-,27-,28-,29-,30+,31?,32?/m0/s1. The van der Waals surface area contributed by atoms with Crippen LogP contribution < -0.4 is 0 Å². The van der Waals surface area contributed by atoms with Gasteiger partial charge in [-0.25, -0.2) is 0 Å². The fraction of sp³-hybridized carbons (Fsp3) is 1.00. The molecule has 38 heavy (non-hydrogen) atoms. The van der Waals surface area contributed by atoms with Crippen molar-refractivity contribution in [2.24, 2.45) is 47.3 Å². The van der Waals surface area contributed by atoms with Crippen LogP contribution in [0.25, 0.3) is 0 Å². The van der Waals surface area contributed by atoms with Gasteiger partial charge in [-0.05, 0) is 75.0 Å². The molecule has 9 rings (SSSR count). The topological polar surface area (TPSA) is 77.4 Å². The third kappa shape index (κ3) is 3.01. The monoisotopic (exact) mass is 528 g/mol. The Balaban J connectivity index is 1.04. The van der Waals surface area contributed by atoms with Crippen LogP contribution in [0.2, 0.25) is 0 Å². The first kappa shape index (κ1) is 24.4. The summed E-state index contributed by atoms with van der Waals surface area (Å²) in [6.07, 6.45) is 16.2. The van der Waals surface area contributed by atoms with Gasteiger partial charge in [0.15, 0.2) is 11.6 Å². The number of aliphatic hydroxyl groups is 2. The van der Waals surface area contributed by atoms with Crippen LogP contribution in [0, 0.1) is 47.3 Å².